The highest BCUT2D eigenvalue weighted by atomic mass is 32.2. The molecular weight excluding hydrogens is 228 g/mol. The Balaban J connectivity index is 1.74. The summed E-state index contributed by atoms with van der Waals surface area (Å²) in [6.07, 6.45) is 6.06. The van der Waals surface area contributed by atoms with Crippen molar-refractivity contribution in [1.82, 2.24) is 0 Å². The smallest absolute Gasteiger partial charge is 0.0670 e. The van der Waals surface area contributed by atoms with E-state index >= 15 is 0 Å². The molecule has 0 radical (unpaired) electrons. The van der Waals surface area contributed by atoms with Gasteiger partial charge in [-0.3, -0.25) is 0 Å². The van der Waals surface area contributed by atoms with Gasteiger partial charge in [0.1, 0.15) is 0 Å². The highest BCUT2D eigenvalue weighted by Crippen LogP contribution is 2.29. The Morgan fingerprint density at radius 1 is 1.35 bits per heavy atom. The first-order valence-electron chi connectivity index (χ1n) is 6.59. The van der Waals surface area contributed by atoms with Crippen LogP contribution in [0.2, 0.25) is 0 Å². The second kappa shape index (κ2) is 6.46. The zero-order valence-electron chi connectivity index (χ0n) is 10.6. The van der Waals surface area contributed by atoms with E-state index in [0.717, 1.165) is 17.4 Å². The first-order valence-corrected chi connectivity index (χ1v) is 7.64. The molecule has 1 atom stereocenters. The van der Waals surface area contributed by atoms with Crippen LogP contribution in [0.3, 0.4) is 0 Å². The predicted molar refractivity (Wildman–Crippen MR) is 75.6 cm³/mol. The maximum absolute atomic E-state index is 10.0. The van der Waals surface area contributed by atoms with Gasteiger partial charge in [0.15, 0.2) is 0 Å². The number of hydrogen-bond acceptors (Lipinski definition) is 2. The Bertz CT molecular complexity index is 345. The lowest BCUT2D eigenvalue weighted by Crippen LogP contribution is -2.15. The summed E-state index contributed by atoms with van der Waals surface area (Å²) in [5.74, 6) is 0.888. The van der Waals surface area contributed by atoms with Crippen molar-refractivity contribution in [3.8, 4) is 0 Å². The predicted octanol–water partition coefficient (Wildman–Crippen LogP) is 3.57. The van der Waals surface area contributed by atoms with Gasteiger partial charge in [0, 0.05) is 11.0 Å². The molecule has 0 aliphatic heterocycles. The molecule has 17 heavy (non-hydrogen) atoms. The quantitative estimate of drug-likeness (QED) is 0.862. The average Bonchev–Trinajstić information content (AvgIpc) is 2.79. The second-order valence-corrected chi connectivity index (χ2v) is 6.42. The summed E-state index contributed by atoms with van der Waals surface area (Å²) in [5.41, 5.74) is 2.53. The zero-order valence-corrected chi connectivity index (χ0v) is 11.4. The van der Waals surface area contributed by atoms with Crippen LogP contribution in [-0.2, 0) is 6.42 Å². The van der Waals surface area contributed by atoms with Gasteiger partial charge in [-0.25, -0.2) is 0 Å². The highest BCUT2D eigenvalue weighted by molar-refractivity contribution is 7.99. The highest BCUT2D eigenvalue weighted by Gasteiger charge is 2.17. The normalized spacial score (nSPS) is 18.5. The summed E-state index contributed by atoms with van der Waals surface area (Å²) in [6, 6.07) is 8.45. The fourth-order valence-corrected chi connectivity index (χ4v) is 3.75. The van der Waals surface area contributed by atoms with Crippen LogP contribution < -0.4 is 0 Å². The van der Waals surface area contributed by atoms with Gasteiger partial charge in [0.05, 0.1) is 6.10 Å². The van der Waals surface area contributed by atoms with E-state index in [1.807, 2.05) is 11.8 Å². The first-order chi connectivity index (χ1) is 8.24. The maximum atomic E-state index is 10.0. The number of benzene rings is 1. The van der Waals surface area contributed by atoms with E-state index < -0.39 is 0 Å². The van der Waals surface area contributed by atoms with Crippen molar-refractivity contribution < 1.29 is 5.11 Å². The molecule has 1 aliphatic rings. The van der Waals surface area contributed by atoms with Crippen molar-refractivity contribution in [2.24, 2.45) is 0 Å². The monoisotopic (exact) mass is 250 g/mol. The van der Waals surface area contributed by atoms with Crippen LogP contribution >= 0.6 is 11.8 Å². The average molecular weight is 250 g/mol. The van der Waals surface area contributed by atoms with Crippen LogP contribution in [0.25, 0.3) is 0 Å². The molecule has 1 aromatic rings. The Morgan fingerprint density at radius 2 is 2.12 bits per heavy atom. The second-order valence-electron chi connectivity index (χ2n) is 5.09. The minimum absolute atomic E-state index is 0.192. The molecule has 1 nitrogen and oxygen atoms in total. The largest absolute Gasteiger partial charge is 0.392 e. The molecule has 1 aliphatic carbocycles. The lowest BCUT2D eigenvalue weighted by Gasteiger charge is -2.14. The van der Waals surface area contributed by atoms with Crippen LogP contribution in [0.4, 0.5) is 0 Å². The van der Waals surface area contributed by atoms with Gasteiger partial charge in [0.25, 0.3) is 0 Å². The zero-order chi connectivity index (χ0) is 12.1. The SMILES string of the molecule is Cc1cccc(CC(O)CSC2CCCC2)c1. The third-order valence-corrected chi connectivity index (χ3v) is 4.90. The Hall–Kier alpha value is -0.470. The molecule has 1 saturated carbocycles. The van der Waals surface area contributed by atoms with E-state index in [1.54, 1.807) is 0 Å². The molecular formula is C15H22OS. The van der Waals surface area contributed by atoms with Gasteiger partial charge in [0.2, 0.25) is 0 Å². The third kappa shape index (κ3) is 4.36. The fourth-order valence-electron chi connectivity index (χ4n) is 2.47. The summed E-state index contributed by atoms with van der Waals surface area (Å²) in [4.78, 5) is 0. The number of rotatable bonds is 5. The van der Waals surface area contributed by atoms with Crippen LogP contribution in [-0.4, -0.2) is 22.2 Å². The van der Waals surface area contributed by atoms with Gasteiger partial charge in [-0.1, -0.05) is 42.7 Å². The minimum Gasteiger partial charge on any atom is -0.392 e. The summed E-state index contributed by atoms with van der Waals surface area (Å²) in [6.45, 7) is 2.10. The molecule has 0 spiro atoms. The Kier molecular flexibility index (Phi) is 4.93. The van der Waals surface area contributed by atoms with Crippen molar-refractivity contribution in [1.29, 1.82) is 0 Å². The van der Waals surface area contributed by atoms with Crippen molar-refractivity contribution in [2.75, 3.05) is 5.75 Å². The molecule has 2 rings (SSSR count). The van der Waals surface area contributed by atoms with Crippen molar-refractivity contribution >= 4 is 11.8 Å². The van der Waals surface area contributed by atoms with E-state index in [4.69, 9.17) is 0 Å². The van der Waals surface area contributed by atoms with Crippen molar-refractivity contribution in [3.05, 3.63) is 35.4 Å². The molecule has 2 heteroatoms. The van der Waals surface area contributed by atoms with Gasteiger partial charge in [-0.05, 0) is 31.7 Å². The summed E-state index contributed by atoms with van der Waals surface area (Å²) < 4.78 is 0. The van der Waals surface area contributed by atoms with Gasteiger partial charge >= 0.3 is 0 Å². The molecule has 0 aromatic heterocycles. The molecule has 1 aromatic carbocycles. The first kappa shape index (κ1) is 13.0. The van der Waals surface area contributed by atoms with Crippen LogP contribution in [0.1, 0.15) is 36.8 Å². The standard InChI is InChI=1S/C15H22OS/c1-12-5-4-6-13(9-12)10-14(16)11-17-15-7-2-3-8-15/h4-6,9,14-16H,2-3,7-8,10-11H2,1H3. The molecule has 1 fully saturated rings. The molecule has 0 heterocycles. The minimum atomic E-state index is -0.192. The van der Waals surface area contributed by atoms with Gasteiger partial charge in [-0.15, -0.1) is 0 Å². The van der Waals surface area contributed by atoms with E-state index in [-0.39, 0.29) is 6.10 Å². The maximum Gasteiger partial charge on any atom is 0.0670 e. The lowest BCUT2D eigenvalue weighted by molar-refractivity contribution is 0.200. The van der Waals surface area contributed by atoms with Gasteiger partial charge in [-0.2, -0.15) is 11.8 Å². The summed E-state index contributed by atoms with van der Waals surface area (Å²) >= 11 is 1.97. The number of aliphatic hydroxyl groups excluding tert-OH is 1. The van der Waals surface area contributed by atoms with E-state index in [0.29, 0.717) is 0 Å². The number of thioether (sulfide) groups is 1. The van der Waals surface area contributed by atoms with E-state index in [2.05, 4.69) is 31.2 Å². The van der Waals surface area contributed by atoms with Crippen LogP contribution in [0, 0.1) is 6.92 Å². The topological polar surface area (TPSA) is 20.2 Å². The van der Waals surface area contributed by atoms with E-state index in [9.17, 15) is 5.11 Å². The molecule has 94 valence electrons. The number of aryl methyl sites for hydroxylation is 1. The summed E-state index contributed by atoms with van der Waals surface area (Å²) in [5, 5.41) is 10.8. The fraction of sp³-hybridized carbons (Fsp3) is 0.600. The van der Waals surface area contributed by atoms with Crippen molar-refractivity contribution in [2.45, 2.75) is 50.4 Å². The Morgan fingerprint density at radius 3 is 2.82 bits per heavy atom. The van der Waals surface area contributed by atoms with Crippen molar-refractivity contribution in [3.63, 3.8) is 0 Å². The third-order valence-electron chi connectivity index (χ3n) is 3.38. The molecule has 0 saturated heterocycles. The molecule has 1 N–H and O–H groups in total. The number of aliphatic hydroxyl groups is 1. The Labute approximate surface area is 109 Å². The van der Waals surface area contributed by atoms with Gasteiger partial charge < -0.3 is 5.11 Å². The van der Waals surface area contributed by atoms with Crippen LogP contribution in [0.15, 0.2) is 24.3 Å². The summed E-state index contributed by atoms with van der Waals surface area (Å²) in [7, 11) is 0. The molecule has 1 unspecified atom stereocenters. The van der Waals surface area contributed by atoms with E-state index in [1.165, 1.54) is 36.8 Å². The molecule has 0 bridgehead atoms. The van der Waals surface area contributed by atoms with Crippen LogP contribution in [0.5, 0.6) is 0 Å². The number of hydrogen-bond donors (Lipinski definition) is 1. The molecule has 0 amide bonds. The lowest BCUT2D eigenvalue weighted by atomic mass is 10.1.